The van der Waals surface area contributed by atoms with Crippen molar-refractivity contribution in [2.45, 2.75) is 0 Å². The van der Waals surface area contributed by atoms with E-state index in [1.807, 2.05) is 0 Å². The lowest BCUT2D eigenvalue weighted by atomic mass is 9.91. The molecule has 0 amide bonds. The Bertz CT molecular complexity index is 4350. The zero-order chi connectivity index (χ0) is 46.8. The van der Waals surface area contributed by atoms with E-state index in [0.29, 0.717) is 5.82 Å². The van der Waals surface area contributed by atoms with Crippen molar-refractivity contribution < 1.29 is 0 Å². The van der Waals surface area contributed by atoms with Crippen LogP contribution in [-0.2, 0) is 0 Å². The Morgan fingerprint density at radius 2 is 0.817 bits per heavy atom. The minimum atomic E-state index is 0.678. The smallest absolute Gasteiger partial charge is 0.160 e. The van der Waals surface area contributed by atoms with Gasteiger partial charge in [0.15, 0.2) is 5.82 Å². The summed E-state index contributed by atoms with van der Waals surface area (Å²) in [5, 5.41) is 10.9. The Balaban J connectivity index is 0.948. The van der Waals surface area contributed by atoms with E-state index < -0.39 is 0 Å². The molecule has 0 aliphatic heterocycles. The molecule has 0 radical (unpaired) electrons. The summed E-state index contributed by atoms with van der Waals surface area (Å²) < 4.78 is 2.43. The lowest BCUT2D eigenvalue weighted by Crippen LogP contribution is -1.98. The summed E-state index contributed by atoms with van der Waals surface area (Å²) in [4.78, 5) is 10.9. The van der Waals surface area contributed by atoms with E-state index >= 15 is 0 Å². The van der Waals surface area contributed by atoms with Crippen LogP contribution in [0.2, 0.25) is 0 Å². The molecule has 0 unspecified atom stereocenters. The molecule has 0 fully saturated rings. The van der Waals surface area contributed by atoms with Crippen LogP contribution in [0, 0.1) is 0 Å². The molecule has 2 heterocycles. The normalized spacial score (nSPS) is 11.7. The van der Waals surface area contributed by atoms with Gasteiger partial charge in [0.05, 0.1) is 22.2 Å². The monoisotopic (exact) mass is 901 g/mol. The van der Waals surface area contributed by atoms with Gasteiger partial charge < -0.3 is 4.57 Å². The van der Waals surface area contributed by atoms with Crippen LogP contribution < -0.4 is 0 Å². The minimum absolute atomic E-state index is 0.678. The Labute approximate surface area is 411 Å². The molecule has 2 aromatic heterocycles. The van der Waals surface area contributed by atoms with Gasteiger partial charge in [-0.25, -0.2) is 9.97 Å². The van der Waals surface area contributed by atoms with E-state index in [2.05, 4.69) is 265 Å². The number of benzene rings is 12. The fourth-order valence-electron chi connectivity index (χ4n) is 10.9. The molecular weight excluding hydrogens is 859 g/mol. The van der Waals surface area contributed by atoms with Gasteiger partial charge in [-0.3, -0.25) is 0 Å². The Kier molecular flexibility index (Phi) is 9.53. The van der Waals surface area contributed by atoms with Crippen molar-refractivity contribution in [2.24, 2.45) is 0 Å². The van der Waals surface area contributed by atoms with E-state index in [9.17, 15) is 0 Å². The van der Waals surface area contributed by atoms with Crippen molar-refractivity contribution in [1.29, 1.82) is 0 Å². The van der Waals surface area contributed by atoms with E-state index in [0.717, 1.165) is 72.3 Å². The molecule has 0 N–H and O–H groups in total. The van der Waals surface area contributed by atoms with Crippen LogP contribution in [0.5, 0.6) is 0 Å². The van der Waals surface area contributed by atoms with Crippen LogP contribution in [0.1, 0.15) is 0 Å². The maximum atomic E-state index is 5.48. The van der Waals surface area contributed by atoms with Crippen LogP contribution in [0.25, 0.3) is 138 Å². The second-order valence-corrected chi connectivity index (χ2v) is 18.5. The second-order valence-electron chi connectivity index (χ2n) is 18.5. The average Bonchev–Trinajstić information content (AvgIpc) is 3.77. The summed E-state index contributed by atoms with van der Waals surface area (Å²) >= 11 is 0. The lowest BCUT2D eigenvalue weighted by molar-refractivity contribution is 1.17. The molecular formula is C68H43N3. The second kappa shape index (κ2) is 16.7. The summed E-state index contributed by atoms with van der Waals surface area (Å²) in [6.07, 6.45) is 0. The van der Waals surface area contributed by atoms with Gasteiger partial charge in [0.1, 0.15) is 0 Å². The lowest BCUT2D eigenvalue weighted by Gasteiger charge is -2.16. The first-order chi connectivity index (χ1) is 35.2. The number of hydrogen-bond acceptors (Lipinski definition) is 2. The number of fused-ring (bicyclic) bond motifs is 8. The first kappa shape index (κ1) is 40.6. The molecule has 0 saturated heterocycles. The highest BCUT2D eigenvalue weighted by molar-refractivity contribution is 6.19. The molecule has 3 heteroatoms. The summed E-state index contributed by atoms with van der Waals surface area (Å²) in [6.45, 7) is 0. The van der Waals surface area contributed by atoms with Gasteiger partial charge in [0, 0.05) is 33.0 Å². The topological polar surface area (TPSA) is 30.7 Å². The molecule has 0 atom stereocenters. The molecule has 3 nitrogen and oxygen atoms in total. The predicted molar refractivity (Wildman–Crippen MR) is 299 cm³/mol. The molecule has 0 aliphatic rings. The maximum Gasteiger partial charge on any atom is 0.160 e. The number of hydrogen-bond donors (Lipinski definition) is 0. The molecule has 0 saturated carbocycles. The highest BCUT2D eigenvalue weighted by Gasteiger charge is 2.20. The first-order valence-electron chi connectivity index (χ1n) is 24.3. The van der Waals surface area contributed by atoms with E-state index in [4.69, 9.17) is 9.97 Å². The standard InChI is InChI=1S/C68H43N3/c1-4-15-44(16-5-1)45-27-32-50(33-28-45)67-61-42-59(46-17-6-2-7-18-46)60(47-19-8-3-9-20-47)43-63(61)69-68(70-67)51-35-37-55(38-36-51)71-64-26-14-25-57(66(64)62-39-52-22-10-11-23-53(52)41-65(62)71)54-34-31-49-30-29-48-21-12-13-24-56(48)58(49)40-54/h1-43H. The van der Waals surface area contributed by atoms with Crippen molar-refractivity contribution in [3.63, 3.8) is 0 Å². The third-order valence-electron chi connectivity index (χ3n) is 14.4. The highest BCUT2D eigenvalue weighted by Crippen LogP contribution is 2.43. The number of nitrogens with zero attached hydrogens (tertiary/aromatic N) is 3. The summed E-state index contributed by atoms with van der Waals surface area (Å²) in [6, 6.07) is 94.3. The van der Waals surface area contributed by atoms with Crippen LogP contribution in [0.3, 0.4) is 0 Å². The Hall–Kier alpha value is -9.44. The van der Waals surface area contributed by atoms with Crippen molar-refractivity contribution in [3.8, 4) is 72.8 Å². The van der Waals surface area contributed by atoms with E-state index in [-0.39, 0.29) is 0 Å². The van der Waals surface area contributed by atoms with Gasteiger partial charge in [-0.2, -0.15) is 0 Å². The molecule has 14 rings (SSSR count). The van der Waals surface area contributed by atoms with Crippen molar-refractivity contribution in [1.82, 2.24) is 14.5 Å². The zero-order valence-electron chi connectivity index (χ0n) is 38.7. The van der Waals surface area contributed by atoms with Crippen molar-refractivity contribution >= 4 is 65.0 Å². The van der Waals surface area contributed by atoms with Gasteiger partial charge in [0.25, 0.3) is 0 Å². The van der Waals surface area contributed by atoms with Crippen LogP contribution >= 0.6 is 0 Å². The third-order valence-corrected chi connectivity index (χ3v) is 14.4. The van der Waals surface area contributed by atoms with E-state index in [1.165, 1.54) is 59.8 Å². The van der Waals surface area contributed by atoms with Gasteiger partial charge in [-0.1, -0.05) is 200 Å². The molecule has 0 aliphatic carbocycles. The largest absolute Gasteiger partial charge is 0.309 e. The fourth-order valence-corrected chi connectivity index (χ4v) is 10.9. The molecule has 330 valence electrons. The van der Waals surface area contributed by atoms with Crippen molar-refractivity contribution in [2.75, 3.05) is 0 Å². The molecule has 14 aromatic rings. The quantitative estimate of drug-likeness (QED) is 0.149. The first-order valence-corrected chi connectivity index (χ1v) is 24.3. The van der Waals surface area contributed by atoms with E-state index in [1.54, 1.807) is 0 Å². The molecule has 0 spiro atoms. The number of aromatic nitrogens is 3. The zero-order valence-corrected chi connectivity index (χ0v) is 38.7. The predicted octanol–water partition coefficient (Wildman–Crippen LogP) is 18.2. The van der Waals surface area contributed by atoms with Gasteiger partial charge in [-0.15, -0.1) is 0 Å². The Morgan fingerprint density at radius 1 is 0.268 bits per heavy atom. The van der Waals surface area contributed by atoms with Gasteiger partial charge in [-0.05, 0) is 137 Å². The summed E-state index contributed by atoms with van der Waals surface area (Å²) in [5.74, 6) is 0.678. The molecule has 12 aromatic carbocycles. The molecule has 0 bridgehead atoms. The van der Waals surface area contributed by atoms with Gasteiger partial charge >= 0.3 is 0 Å². The average molecular weight is 902 g/mol. The van der Waals surface area contributed by atoms with Crippen molar-refractivity contribution in [3.05, 3.63) is 261 Å². The van der Waals surface area contributed by atoms with Crippen LogP contribution in [-0.4, -0.2) is 14.5 Å². The SMILES string of the molecule is c1ccc(-c2ccc(-c3nc(-c4ccc(-n5c6cc7ccccc7cc6c6c(-c7ccc8ccc9ccccc9c8c7)cccc65)cc4)nc4cc(-c5ccccc5)c(-c5ccccc5)cc34)cc2)cc1. The minimum Gasteiger partial charge on any atom is -0.309 e. The highest BCUT2D eigenvalue weighted by atomic mass is 15.0. The van der Waals surface area contributed by atoms with Crippen LogP contribution in [0.4, 0.5) is 0 Å². The maximum absolute atomic E-state index is 5.48. The molecule has 71 heavy (non-hydrogen) atoms. The summed E-state index contributed by atoms with van der Waals surface area (Å²) in [7, 11) is 0. The van der Waals surface area contributed by atoms with Gasteiger partial charge in [0.2, 0.25) is 0 Å². The third kappa shape index (κ3) is 6.97. The summed E-state index contributed by atoms with van der Waals surface area (Å²) in [5.41, 5.74) is 16.5. The number of rotatable bonds is 7. The fraction of sp³-hybridized carbons (Fsp3) is 0. The Morgan fingerprint density at radius 3 is 1.54 bits per heavy atom. The van der Waals surface area contributed by atoms with Crippen LogP contribution in [0.15, 0.2) is 261 Å².